The number of halogens is 1. The first-order valence-corrected chi connectivity index (χ1v) is 8.62. The number of sulfonamides is 1. The van der Waals surface area contributed by atoms with Gasteiger partial charge in [-0.3, -0.25) is 4.72 Å². The average Bonchev–Trinajstić information content (AvgIpc) is 2.81. The van der Waals surface area contributed by atoms with Crippen LogP contribution in [0.15, 0.2) is 35.7 Å². The summed E-state index contributed by atoms with van der Waals surface area (Å²) in [6, 6.07) is 9.16. The second-order valence-corrected chi connectivity index (χ2v) is 7.19. The Hall–Kier alpha value is -1.24. The lowest BCUT2D eigenvalue weighted by atomic mass is 10.3. The summed E-state index contributed by atoms with van der Waals surface area (Å²) in [4.78, 5) is 1.22. The van der Waals surface area contributed by atoms with Crippen LogP contribution >= 0.6 is 22.9 Å². The zero-order valence-electron chi connectivity index (χ0n) is 10.2. The van der Waals surface area contributed by atoms with E-state index in [1.165, 1.54) is 4.88 Å². The lowest BCUT2D eigenvalue weighted by Crippen LogP contribution is -2.10. The molecule has 0 unspecified atom stereocenters. The number of anilines is 2. The standard InChI is InChI=1S/C12H13ClN2O2S2/c1-19(16,17)15-12-5-4-9(7-11(12)13)14-8-10-3-2-6-18-10/h2-7,14-15H,8H2,1H3. The van der Waals surface area contributed by atoms with E-state index in [-0.39, 0.29) is 0 Å². The third kappa shape index (κ3) is 4.41. The van der Waals surface area contributed by atoms with Crippen molar-refractivity contribution < 1.29 is 8.42 Å². The molecule has 0 saturated carbocycles. The van der Waals surface area contributed by atoms with Crippen LogP contribution in [0.4, 0.5) is 11.4 Å². The van der Waals surface area contributed by atoms with Crippen LogP contribution in [0.2, 0.25) is 5.02 Å². The molecular formula is C12H13ClN2O2S2. The number of nitrogens with one attached hydrogen (secondary N) is 2. The highest BCUT2D eigenvalue weighted by atomic mass is 35.5. The minimum atomic E-state index is -3.31. The second-order valence-electron chi connectivity index (χ2n) is 4.00. The first kappa shape index (κ1) is 14.2. The number of benzene rings is 1. The van der Waals surface area contributed by atoms with Gasteiger partial charge in [-0.2, -0.15) is 0 Å². The molecule has 0 fully saturated rings. The van der Waals surface area contributed by atoms with Gasteiger partial charge in [0.05, 0.1) is 17.0 Å². The van der Waals surface area contributed by atoms with Gasteiger partial charge in [0.2, 0.25) is 10.0 Å². The van der Waals surface area contributed by atoms with Gasteiger partial charge in [0.15, 0.2) is 0 Å². The summed E-state index contributed by atoms with van der Waals surface area (Å²) < 4.78 is 24.6. The first-order chi connectivity index (χ1) is 8.94. The van der Waals surface area contributed by atoms with E-state index in [9.17, 15) is 8.42 Å². The Morgan fingerprint density at radius 2 is 2.11 bits per heavy atom. The lowest BCUT2D eigenvalue weighted by Gasteiger charge is -2.09. The van der Waals surface area contributed by atoms with Crippen LogP contribution in [-0.4, -0.2) is 14.7 Å². The van der Waals surface area contributed by atoms with E-state index in [4.69, 9.17) is 11.6 Å². The van der Waals surface area contributed by atoms with Crippen LogP contribution < -0.4 is 10.0 Å². The molecule has 0 atom stereocenters. The highest BCUT2D eigenvalue weighted by molar-refractivity contribution is 7.92. The van der Waals surface area contributed by atoms with E-state index in [0.717, 1.165) is 11.9 Å². The zero-order chi connectivity index (χ0) is 13.9. The number of thiophene rings is 1. The Balaban J connectivity index is 2.06. The van der Waals surface area contributed by atoms with Gasteiger partial charge in [-0.25, -0.2) is 8.42 Å². The summed E-state index contributed by atoms with van der Waals surface area (Å²) in [5.41, 5.74) is 1.23. The number of hydrogen-bond acceptors (Lipinski definition) is 4. The third-order valence-corrected chi connectivity index (χ3v) is 4.09. The van der Waals surface area contributed by atoms with Gasteiger partial charge in [-0.1, -0.05) is 17.7 Å². The molecule has 4 nitrogen and oxygen atoms in total. The monoisotopic (exact) mass is 316 g/mol. The fourth-order valence-electron chi connectivity index (χ4n) is 1.51. The molecule has 0 amide bonds. The Kier molecular flexibility index (Phi) is 4.34. The number of hydrogen-bond donors (Lipinski definition) is 2. The molecule has 0 radical (unpaired) electrons. The Labute approximate surface area is 121 Å². The van der Waals surface area contributed by atoms with Crippen LogP contribution in [0.1, 0.15) is 4.88 Å². The van der Waals surface area contributed by atoms with Crippen molar-refractivity contribution >= 4 is 44.3 Å². The van der Waals surface area contributed by atoms with Crippen molar-refractivity contribution in [2.45, 2.75) is 6.54 Å². The molecule has 0 spiro atoms. The molecule has 19 heavy (non-hydrogen) atoms. The molecule has 1 heterocycles. The van der Waals surface area contributed by atoms with E-state index in [0.29, 0.717) is 17.3 Å². The quantitative estimate of drug-likeness (QED) is 0.889. The Bertz CT molecular complexity index is 654. The molecule has 0 saturated heterocycles. The van der Waals surface area contributed by atoms with E-state index in [1.807, 2.05) is 17.5 Å². The maximum Gasteiger partial charge on any atom is 0.229 e. The molecule has 102 valence electrons. The molecule has 0 bridgehead atoms. The van der Waals surface area contributed by atoms with Crippen molar-refractivity contribution in [3.05, 3.63) is 45.6 Å². The smallest absolute Gasteiger partial charge is 0.229 e. The highest BCUT2D eigenvalue weighted by Crippen LogP contribution is 2.26. The highest BCUT2D eigenvalue weighted by Gasteiger charge is 2.07. The predicted molar refractivity (Wildman–Crippen MR) is 81.6 cm³/mol. The fraction of sp³-hybridized carbons (Fsp3) is 0.167. The Morgan fingerprint density at radius 3 is 2.68 bits per heavy atom. The van der Waals surface area contributed by atoms with Crippen LogP contribution in [0, 0.1) is 0 Å². The minimum Gasteiger partial charge on any atom is -0.380 e. The first-order valence-electron chi connectivity index (χ1n) is 5.47. The van der Waals surface area contributed by atoms with Crippen LogP contribution in [0.3, 0.4) is 0 Å². The van der Waals surface area contributed by atoms with Gasteiger partial charge in [0, 0.05) is 17.1 Å². The summed E-state index contributed by atoms with van der Waals surface area (Å²) in [7, 11) is -3.31. The summed E-state index contributed by atoms with van der Waals surface area (Å²) in [6.45, 7) is 0.715. The second kappa shape index (κ2) is 5.81. The van der Waals surface area contributed by atoms with Crippen molar-refractivity contribution in [2.75, 3.05) is 16.3 Å². The van der Waals surface area contributed by atoms with E-state index >= 15 is 0 Å². The molecule has 2 N–H and O–H groups in total. The average molecular weight is 317 g/mol. The Morgan fingerprint density at radius 1 is 1.32 bits per heavy atom. The lowest BCUT2D eigenvalue weighted by molar-refractivity contribution is 0.607. The molecule has 2 rings (SSSR count). The normalized spacial score (nSPS) is 11.3. The van der Waals surface area contributed by atoms with Gasteiger partial charge in [-0.15, -0.1) is 11.3 Å². The molecule has 0 aliphatic carbocycles. The van der Waals surface area contributed by atoms with Crippen molar-refractivity contribution in [1.82, 2.24) is 0 Å². The van der Waals surface area contributed by atoms with Crippen molar-refractivity contribution in [1.29, 1.82) is 0 Å². The molecule has 2 aromatic rings. The SMILES string of the molecule is CS(=O)(=O)Nc1ccc(NCc2cccs2)cc1Cl. The molecule has 0 aliphatic rings. The zero-order valence-corrected chi connectivity index (χ0v) is 12.6. The minimum absolute atomic E-state index is 0.363. The van der Waals surface area contributed by atoms with Crippen molar-refractivity contribution in [2.24, 2.45) is 0 Å². The summed E-state index contributed by atoms with van der Waals surface area (Å²) >= 11 is 7.70. The summed E-state index contributed by atoms with van der Waals surface area (Å²) in [5, 5.41) is 5.61. The van der Waals surface area contributed by atoms with Gasteiger partial charge >= 0.3 is 0 Å². The maximum absolute atomic E-state index is 11.1. The van der Waals surface area contributed by atoms with Gasteiger partial charge in [0.25, 0.3) is 0 Å². The van der Waals surface area contributed by atoms with E-state index < -0.39 is 10.0 Å². The molecule has 0 aliphatic heterocycles. The third-order valence-electron chi connectivity index (χ3n) is 2.31. The summed E-state index contributed by atoms with van der Waals surface area (Å²) in [6.07, 6.45) is 1.09. The molecule has 7 heteroatoms. The maximum atomic E-state index is 11.1. The topological polar surface area (TPSA) is 58.2 Å². The van der Waals surface area contributed by atoms with Gasteiger partial charge < -0.3 is 5.32 Å². The number of rotatable bonds is 5. The molecule has 1 aromatic heterocycles. The van der Waals surface area contributed by atoms with E-state index in [1.54, 1.807) is 29.5 Å². The van der Waals surface area contributed by atoms with Crippen LogP contribution in [0.5, 0.6) is 0 Å². The fourth-order valence-corrected chi connectivity index (χ4v) is 3.02. The summed E-state index contributed by atoms with van der Waals surface area (Å²) in [5.74, 6) is 0. The predicted octanol–water partition coefficient (Wildman–Crippen LogP) is 3.39. The van der Waals surface area contributed by atoms with Crippen LogP contribution in [-0.2, 0) is 16.6 Å². The van der Waals surface area contributed by atoms with Gasteiger partial charge in [-0.05, 0) is 29.6 Å². The van der Waals surface area contributed by atoms with Crippen LogP contribution in [0.25, 0.3) is 0 Å². The van der Waals surface area contributed by atoms with E-state index in [2.05, 4.69) is 10.0 Å². The molecular weight excluding hydrogens is 304 g/mol. The largest absolute Gasteiger partial charge is 0.380 e. The molecule has 1 aromatic carbocycles. The van der Waals surface area contributed by atoms with Crippen molar-refractivity contribution in [3.63, 3.8) is 0 Å². The van der Waals surface area contributed by atoms with Gasteiger partial charge in [0.1, 0.15) is 0 Å². The van der Waals surface area contributed by atoms with Crippen molar-refractivity contribution in [3.8, 4) is 0 Å².